The summed E-state index contributed by atoms with van der Waals surface area (Å²) in [7, 11) is 2.91. The maximum absolute atomic E-state index is 14.0. The molecule has 0 atom stereocenters. The minimum atomic E-state index is -4.81. The van der Waals surface area contributed by atoms with Crippen LogP contribution in [-0.4, -0.2) is 48.8 Å². The van der Waals surface area contributed by atoms with E-state index in [9.17, 15) is 32.9 Å². The molecule has 2 aromatic carbocycles. The van der Waals surface area contributed by atoms with Crippen LogP contribution in [0.15, 0.2) is 52.9 Å². The molecule has 13 heteroatoms. The first-order chi connectivity index (χ1) is 21.9. The van der Waals surface area contributed by atoms with Crippen molar-refractivity contribution in [1.29, 1.82) is 0 Å². The zero-order valence-corrected chi connectivity index (χ0v) is 27.7. The van der Waals surface area contributed by atoms with E-state index >= 15 is 0 Å². The van der Waals surface area contributed by atoms with Crippen molar-refractivity contribution in [3.63, 3.8) is 0 Å². The fraction of sp³-hybridized carbons (Fsp3) is 0.471. The van der Waals surface area contributed by atoms with Gasteiger partial charge >= 0.3 is 11.9 Å². The van der Waals surface area contributed by atoms with Gasteiger partial charge < -0.3 is 19.1 Å². The number of carbonyl (C=O) groups excluding carboxylic acids is 2. The summed E-state index contributed by atoms with van der Waals surface area (Å²) in [5.74, 6) is -1.60. The molecule has 1 aliphatic heterocycles. The highest BCUT2D eigenvalue weighted by Gasteiger charge is 2.49. The van der Waals surface area contributed by atoms with E-state index in [4.69, 9.17) is 25.8 Å². The van der Waals surface area contributed by atoms with E-state index in [0.717, 1.165) is 17.5 Å². The highest BCUT2D eigenvalue weighted by atomic mass is 35.5. The number of Topliss-reactive ketones (excluding diaryl/α,β-unsaturated/α-hetero) is 2. The summed E-state index contributed by atoms with van der Waals surface area (Å²) in [6.07, 6.45) is -3.09. The molecule has 47 heavy (non-hydrogen) atoms. The van der Waals surface area contributed by atoms with E-state index in [1.54, 1.807) is 13.2 Å². The fourth-order valence-corrected chi connectivity index (χ4v) is 7.13. The summed E-state index contributed by atoms with van der Waals surface area (Å²) in [5, 5.41) is 11.6. The van der Waals surface area contributed by atoms with Crippen molar-refractivity contribution in [2.75, 3.05) is 27.4 Å². The molecular weight excluding hydrogens is 641 g/mol. The van der Waals surface area contributed by atoms with E-state index in [1.807, 2.05) is 27.7 Å². The first-order valence-corrected chi connectivity index (χ1v) is 15.4. The van der Waals surface area contributed by atoms with E-state index in [-0.39, 0.29) is 51.8 Å². The average Bonchev–Trinajstić information content (AvgIpc) is 2.94. The van der Waals surface area contributed by atoms with Gasteiger partial charge in [0, 0.05) is 61.0 Å². The number of nitro benzene ring substituents is 1. The van der Waals surface area contributed by atoms with Crippen molar-refractivity contribution in [3.05, 3.63) is 79.1 Å². The number of ether oxygens (including phenoxy) is 3. The van der Waals surface area contributed by atoms with Crippen molar-refractivity contribution in [1.82, 2.24) is 4.90 Å². The lowest BCUT2D eigenvalue weighted by Crippen LogP contribution is -2.45. The smallest absolute Gasteiger partial charge is 0.416 e. The quantitative estimate of drug-likeness (QED) is 0.203. The lowest BCUT2D eigenvalue weighted by Gasteiger charge is -2.49. The molecule has 0 fully saturated rings. The summed E-state index contributed by atoms with van der Waals surface area (Å²) >= 11 is 6.75. The molecule has 2 aromatic rings. The Morgan fingerprint density at radius 2 is 1.51 bits per heavy atom. The van der Waals surface area contributed by atoms with Crippen LogP contribution in [0.4, 0.5) is 18.9 Å². The highest BCUT2D eigenvalue weighted by Crippen LogP contribution is 2.56. The predicted molar refractivity (Wildman–Crippen MR) is 168 cm³/mol. The topological polar surface area (TPSA) is 108 Å². The predicted octanol–water partition coefficient (Wildman–Crippen LogP) is 8.40. The fourth-order valence-electron chi connectivity index (χ4n) is 6.87. The third kappa shape index (κ3) is 6.62. The van der Waals surface area contributed by atoms with Crippen LogP contribution in [0.1, 0.15) is 70.4 Å². The molecule has 0 saturated carbocycles. The Hall–Kier alpha value is -3.90. The third-order valence-corrected chi connectivity index (χ3v) is 9.10. The number of hydrogen-bond acceptors (Lipinski definition) is 8. The molecule has 0 amide bonds. The van der Waals surface area contributed by atoms with Gasteiger partial charge in [-0.1, -0.05) is 39.3 Å². The van der Waals surface area contributed by atoms with E-state index in [2.05, 4.69) is 4.90 Å². The third-order valence-electron chi connectivity index (χ3n) is 8.82. The van der Waals surface area contributed by atoms with Gasteiger partial charge in [-0.25, -0.2) is 0 Å². The van der Waals surface area contributed by atoms with Crippen molar-refractivity contribution in [3.8, 4) is 17.2 Å². The molecule has 0 N–H and O–H groups in total. The van der Waals surface area contributed by atoms with Crippen molar-refractivity contribution < 1.29 is 41.9 Å². The minimum absolute atomic E-state index is 0.0139. The maximum Gasteiger partial charge on any atom is 0.416 e. The van der Waals surface area contributed by atoms with Gasteiger partial charge in [0.1, 0.15) is 0 Å². The van der Waals surface area contributed by atoms with E-state index < -0.39 is 34.0 Å². The SMILES string of the molecule is COCCN1C2=C(C(=O)CC(C)(C)C2)C(c2cc(Cl)c(Oc3ccc(C(F)(F)F)cc3[N+](=O)[O-])c(OC)c2)C2=C1CC(C)(C)CC2=O. The number of nitro groups is 1. The Morgan fingerprint density at radius 1 is 0.936 bits per heavy atom. The molecule has 9 nitrogen and oxygen atoms in total. The zero-order valence-electron chi connectivity index (χ0n) is 27.0. The minimum Gasteiger partial charge on any atom is -0.493 e. The van der Waals surface area contributed by atoms with Crippen LogP contribution in [0.25, 0.3) is 0 Å². The van der Waals surface area contributed by atoms with Crippen LogP contribution in [-0.2, 0) is 20.5 Å². The van der Waals surface area contributed by atoms with Crippen LogP contribution in [0.2, 0.25) is 5.02 Å². The number of halogens is 4. The Bertz CT molecular complexity index is 1670. The van der Waals surface area contributed by atoms with Crippen molar-refractivity contribution in [2.24, 2.45) is 10.8 Å². The molecule has 0 saturated heterocycles. The van der Waals surface area contributed by atoms with E-state index in [0.29, 0.717) is 54.8 Å². The molecule has 252 valence electrons. The number of ketones is 2. The second-order valence-corrected chi connectivity index (χ2v) is 14.2. The number of alkyl halides is 3. The highest BCUT2D eigenvalue weighted by molar-refractivity contribution is 6.32. The van der Waals surface area contributed by atoms with Gasteiger partial charge in [-0.15, -0.1) is 0 Å². The molecule has 2 aliphatic carbocycles. The monoisotopic (exact) mass is 676 g/mol. The Morgan fingerprint density at radius 3 is 2.00 bits per heavy atom. The van der Waals surface area contributed by atoms with Gasteiger partial charge in [0.15, 0.2) is 23.1 Å². The molecule has 0 radical (unpaired) electrons. The van der Waals surface area contributed by atoms with Crippen molar-refractivity contribution >= 4 is 28.9 Å². The van der Waals surface area contributed by atoms with Crippen LogP contribution >= 0.6 is 11.6 Å². The number of methoxy groups -OCH3 is 2. The van der Waals surface area contributed by atoms with Gasteiger partial charge in [-0.05, 0) is 53.5 Å². The standard InChI is InChI=1S/C34H36ClF3N2O7/c1-32(2)14-22-29(24(41)16-32)28(30-23(39(22)9-10-45-5)15-33(3,4)17-25(30)42)18-11-20(35)31(27(12-18)46-6)47-26-8-7-19(34(36,37)38)13-21(26)40(43)44/h7-8,11-13,28H,9-10,14-17H2,1-6H3. The average molecular weight is 677 g/mol. The van der Waals surface area contributed by atoms with Gasteiger partial charge in [0.25, 0.3) is 0 Å². The lowest BCUT2D eigenvalue weighted by molar-refractivity contribution is -0.385. The van der Waals surface area contributed by atoms with Gasteiger partial charge in [0.05, 0.1) is 29.2 Å². The molecule has 0 unspecified atom stereocenters. The normalized spacial score (nSPS) is 19.5. The van der Waals surface area contributed by atoms with Gasteiger partial charge in [-0.2, -0.15) is 13.2 Å². The number of allylic oxidation sites excluding steroid dienone is 4. The van der Waals surface area contributed by atoms with Gasteiger partial charge in [-0.3, -0.25) is 19.7 Å². The molecule has 0 spiro atoms. The summed E-state index contributed by atoms with van der Waals surface area (Å²) in [5.41, 5.74) is 0.338. The Balaban J connectivity index is 1.69. The molecular formula is C34H36ClF3N2O7. The molecule has 3 aliphatic rings. The van der Waals surface area contributed by atoms with Crippen molar-refractivity contribution in [2.45, 2.75) is 65.5 Å². The van der Waals surface area contributed by atoms with Crippen LogP contribution in [0.5, 0.6) is 17.2 Å². The molecule has 0 bridgehead atoms. The Labute approximate surface area is 275 Å². The van der Waals surface area contributed by atoms with Crippen LogP contribution in [0, 0.1) is 20.9 Å². The van der Waals surface area contributed by atoms with Crippen LogP contribution in [0.3, 0.4) is 0 Å². The number of rotatable bonds is 8. The van der Waals surface area contributed by atoms with Crippen LogP contribution < -0.4 is 9.47 Å². The largest absolute Gasteiger partial charge is 0.493 e. The second-order valence-electron chi connectivity index (χ2n) is 13.8. The zero-order chi connectivity index (χ0) is 34.6. The number of nitrogens with zero attached hydrogens (tertiary/aromatic N) is 2. The van der Waals surface area contributed by atoms with E-state index in [1.165, 1.54) is 13.2 Å². The summed E-state index contributed by atoms with van der Waals surface area (Å²) in [6, 6.07) is 4.97. The Kier molecular flexibility index (Phi) is 9.00. The second kappa shape index (κ2) is 12.3. The number of carbonyl (C=O) groups is 2. The summed E-state index contributed by atoms with van der Waals surface area (Å²) in [6.45, 7) is 8.96. The lowest BCUT2D eigenvalue weighted by atomic mass is 9.63. The first kappa shape index (κ1) is 34.4. The summed E-state index contributed by atoms with van der Waals surface area (Å²) in [4.78, 5) is 40.9. The molecule has 1 heterocycles. The summed E-state index contributed by atoms with van der Waals surface area (Å²) < 4.78 is 56.6. The maximum atomic E-state index is 14.0. The van der Waals surface area contributed by atoms with Gasteiger partial charge in [0.2, 0.25) is 5.75 Å². The number of benzene rings is 2. The number of hydrogen-bond donors (Lipinski definition) is 0. The molecule has 5 rings (SSSR count). The first-order valence-electron chi connectivity index (χ1n) is 15.1. The molecule has 0 aromatic heterocycles.